The van der Waals surface area contributed by atoms with Crippen LogP contribution in [0.2, 0.25) is 0 Å². The highest BCUT2D eigenvalue weighted by molar-refractivity contribution is 4.84. The molecule has 2 rings (SSSR count). The van der Waals surface area contributed by atoms with Gasteiger partial charge in [0.1, 0.15) is 0 Å². The van der Waals surface area contributed by atoms with E-state index in [1.165, 1.54) is 51.7 Å². The number of piperidine rings is 1. The predicted octanol–water partition coefficient (Wildman–Crippen LogP) is 2.59. The summed E-state index contributed by atoms with van der Waals surface area (Å²) in [6, 6.07) is 1.66. The molecule has 0 atom stereocenters. The predicted molar refractivity (Wildman–Crippen MR) is 69.7 cm³/mol. The maximum absolute atomic E-state index is 2.78. The number of rotatable bonds is 4. The molecular weight excluding hydrogens is 196 g/mol. The van der Waals surface area contributed by atoms with Crippen LogP contribution in [0.4, 0.5) is 0 Å². The topological polar surface area (TPSA) is 6.48 Å². The molecule has 1 aliphatic heterocycles. The molecular formula is C14H28N2. The fourth-order valence-corrected chi connectivity index (χ4v) is 3.04. The molecule has 0 radical (unpaired) electrons. The summed E-state index contributed by atoms with van der Waals surface area (Å²) in [5.41, 5.74) is 0. The summed E-state index contributed by atoms with van der Waals surface area (Å²) < 4.78 is 0. The van der Waals surface area contributed by atoms with Gasteiger partial charge in [-0.05, 0) is 65.6 Å². The highest BCUT2D eigenvalue weighted by Crippen LogP contribution is 2.29. The third-order valence-electron chi connectivity index (χ3n) is 4.51. The number of hydrogen-bond donors (Lipinski definition) is 0. The Kier molecular flexibility index (Phi) is 4.26. The van der Waals surface area contributed by atoms with Gasteiger partial charge in [0.15, 0.2) is 0 Å². The second kappa shape index (κ2) is 5.50. The van der Waals surface area contributed by atoms with Crippen LogP contribution in [-0.2, 0) is 0 Å². The van der Waals surface area contributed by atoms with Crippen LogP contribution in [0.1, 0.15) is 46.0 Å². The van der Waals surface area contributed by atoms with Crippen molar-refractivity contribution in [2.24, 2.45) is 5.92 Å². The summed E-state index contributed by atoms with van der Waals surface area (Å²) in [4.78, 5) is 5.25. The van der Waals surface area contributed by atoms with Crippen LogP contribution in [-0.4, -0.2) is 48.6 Å². The lowest BCUT2D eigenvalue weighted by Gasteiger charge is -2.43. The molecule has 94 valence electrons. The minimum absolute atomic E-state index is 0.741. The van der Waals surface area contributed by atoms with E-state index in [4.69, 9.17) is 0 Å². The van der Waals surface area contributed by atoms with Crippen LogP contribution in [0, 0.1) is 5.92 Å². The maximum Gasteiger partial charge on any atom is 0.00980 e. The van der Waals surface area contributed by atoms with Crippen LogP contribution in [0.3, 0.4) is 0 Å². The zero-order valence-electron chi connectivity index (χ0n) is 11.3. The van der Waals surface area contributed by atoms with Gasteiger partial charge in [0.05, 0.1) is 0 Å². The Labute approximate surface area is 101 Å². The van der Waals surface area contributed by atoms with Gasteiger partial charge in [-0.25, -0.2) is 0 Å². The number of likely N-dealkylation sites (tertiary alicyclic amines) is 1. The van der Waals surface area contributed by atoms with E-state index in [1.807, 2.05) is 0 Å². The first kappa shape index (κ1) is 12.4. The van der Waals surface area contributed by atoms with Crippen molar-refractivity contribution in [1.82, 2.24) is 9.80 Å². The van der Waals surface area contributed by atoms with E-state index in [0.717, 1.165) is 18.0 Å². The first-order chi connectivity index (χ1) is 7.66. The van der Waals surface area contributed by atoms with Crippen molar-refractivity contribution in [1.29, 1.82) is 0 Å². The molecule has 2 fully saturated rings. The maximum atomic E-state index is 2.78. The van der Waals surface area contributed by atoms with E-state index in [-0.39, 0.29) is 0 Å². The number of nitrogens with zero attached hydrogens (tertiary/aromatic N) is 2. The number of hydrogen-bond acceptors (Lipinski definition) is 2. The average molecular weight is 224 g/mol. The van der Waals surface area contributed by atoms with Crippen LogP contribution in [0.25, 0.3) is 0 Å². The molecule has 2 nitrogen and oxygen atoms in total. The van der Waals surface area contributed by atoms with Gasteiger partial charge in [0, 0.05) is 18.6 Å². The average Bonchev–Trinajstić information content (AvgIpc) is 2.17. The van der Waals surface area contributed by atoms with E-state index in [0.29, 0.717) is 0 Å². The van der Waals surface area contributed by atoms with Crippen molar-refractivity contribution in [2.75, 3.05) is 26.7 Å². The van der Waals surface area contributed by atoms with Gasteiger partial charge in [-0.1, -0.05) is 6.42 Å². The minimum atomic E-state index is 0.741. The minimum Gasteiger partial charge on any atom is -0.306 e. The molecule has 0 aromatic rings. The Hall–Kier alpha value is -0.0800. The summed E-state index contributed by atoms with van der Waals surface area (Å²) in [6.45, 7) is 8.71. The van der Waals surface area contributed by atoms with E-state index in [1.54, 1.807) is 0 Å². The lowest BCUT2D eigenvalue weighted by atomic mass is 9.88. The Balaban J connectivity index is 1.80. The second-order valence-corrected chi connectivity index (χ2v) is 6.12. The smallest absolute Gasteiger partial charge is 0.00980 e. The standard InChI is InChI=1S/C14H28N2/c1-12(2)16(14-5-4-6-14)11-13-7-9-15(3)10-8-13/h12-14H,4-11H2,1-3H3. The Bertz CT molecular complexity index is 203. The first-order valence-corrected chi connectivity index (χ1v) is 7.11. The van der Waals surface area contributed by atoms with Gasteiger partial charge in [0.2, 0.25) is 0 Å². The first-order valence-electron chi connectivity index (χ1n) is 7.11. The zero-order valence-corrected chi connectivity index (χ0v) is 11.3. The van der Waals surface area contributed by atoms with E-state index in [2.05, 4.69) is 30.7 Å². The normalized spacial score (nSPS) is 25.3. The highest BCUT2D eigenvalue weighted by Gasteiger charge is 2.29. The molecule has 0 bridgehead atoms. The summed E-state index contributed by atoms with van der Waals surface area (Å²) in [5, 5.41) is 0. The van der Waals surface area contributed by atoms with Gasteiger partial charge in [0.25, 0.3) is 0 Å². The van der Waals surface area contributed by atoms with E-state index >= 15 is 0 Å². The quantitative estimate of drug-likeness (QED) is 0.724. The summed E-state index contributed by atoms with van der Waals surface area (Å²) >= 11 is 0. The van der Waals surface area contributed by atoms with Crippen LogP contribution in [0.5, 0.6) is 0 Å². The van der Waals surface area contributed by atoms with Crippen LogP contribution in [0.15, 0.2) is 0 Å². The molecule has 0 aromatic carbocycles. The molecule has 2 heteroatoms. The van der Waals surface area contributed by atoms with Crippen molar-refractivity contribution >= 4 is 0 Å². The third kappa shape index (κ3) is 2.98. The fraction of sp³-hybridized carbons (Fsp3) is 1.00. The molecule has 0 aromatic heterocycles. The van der Waals surface area contributed by atoms with Crippen molar-refractivity contribution in [2.45, 2.75) is 58.0 Å². The van der Waals surface area contributed by atoms with Gasteiger partial charge >= 0.3 is 0 Å². The van der Waals surface area contributed by atoms with E-state index in [9.17, 15) is 0 Å². The monoisotopic (exact) mass is 224 g/mol. The Morgan fingerprint density at radius 2 is 1.75 bits per heavy atom. The molecule has 0 N–H and O–H groups in total. The van der Waals surface area contributed by atoms with Gasteiger partial charge in [-0.3, -0.25) is 4.90 Å². The second-order valence-electron chi connectivity index (χ2n) is 6.12. The molecule has 0 unspecified atom stereocenters. The summed E-state index contributed by atoms with van der Waals surface area (Å²) in [7, 11) is 2.25. The lowest BCUT2D eigenvalue weighted by molar-refractivity contribution is 0.0612. The summed E-state index contributed by atoms with van der Waals surface area (Å²) in [6.07, 6.45) is 7.18. The largest absolute Gasteiger partial charge is 0.306 e. The summed E-state index contributed by atoms with van der Waals surface area (Å²) in [5.74, 6) is 0.958. The molecule has 1 heterocycles. The lowest BCUT2D eigenvalue weighted by Crippen LogP contribution is -2.48. The van der Waals surface area contributed by atoms with Gasteiger partial charge in [-0.2, -0.15) is 0 Å². The van der Waals surface area contributed by atoms with Crippen LogP contribution >= 0.6 is 0 Å². The molecule has 1 aliphatic carbocycles. The molecule has 1 saturated heterocycles. The van der Waals surface area contributed by atoms with Crippen molar-refractivity contribution < 1.29 is 0 Å². The Morgan fingerprint density at radius 3 is 2.19 bits per heavy atom. The van der Waals surface area contributed by atoms with Crippen LogP contribution < -0.4 is 0 Å². The SMILES string of the molecule is CC(C)N(CC1CCN(C)CC1)C1CCC1. The van der Waals surface area contributed by atoms with Crippen molar-refractivity contribution in [3.8, 4) is 0 Å². The van der Waals surface area contributed by atoms with Crippen molar-refractivity contribution in [3.05, 3.63) is 0 Å². The molecule has 1 saturated carbocycles. The van der Waals surface area contributed by atoms with Crippen molar-refractivity contribution in [3.63, 3.8) is 0 Å². The Morgan fingerprint density at radius 1 is 1.12 bits per heavy atom. The fourth-order valence-electron chi connectivity index (χ4n) is 3.04. The molecule has 0 amide bonds. The molecule has 0 spiro atoms. The molecule has 16 heavy (non-hydrogen) atoms. The van der Waals surface area contributed by atoms with E-state index < -0.39 is 0 Å². The third-order valence-corrected chi connectivity index (χ3v) is 4.51. The van der Waals surface area contributed by atoms with Gasteiger partial charge < -0.3 is 4.90 Å². The molecule has 2 aliphatic rings. The zero-order chi connectivity index (χ0) is 11.5. The van der Waals surface area contributed by atoms with Gasteiger partial charge in [-0.15, -0.1) is 0 Å². The highest BCUT2D eigenvalue weighted by atomic mass is 15.2.